The summed E-state index contributed by atoms with van der Waals surface area (Å²) in [4.78, 5) is 39.5. The van der Waals surface area contributed by atoms with Crippen LogP contribution in [0.15, 0.2) is 35.8 Å². The number of methoxy groups -OCH3 is 1. The minimum absolute atomic E-state index is 0.118. The van der Waals surface area contributed by atoms with Gasteiger partial charge in [-0.3, -0.25) is 14.7 Å². The average Bonchev–Trinajstić information content (AvgIpc) is 3.78. The van der Waals surface area contributed by atoms with E-state index in [4.69, 9.17) is 19.4 Å². The van der Waals surface area contributed by atoms with Gasteiger partial charge in [0.25, 0.3) is 6.47 Å². The Hall–Kier alpha value is -3.33. The molecule has 11 nitrogen and oxygen atoms in total. The van der Waals surface area contributed by atoms with E-state index in [1.165, 1.54) is 44.1 Å². The number of piperidine rings is 1. The van der Waals surface area contributed by atoms with Crippen LogP contribution >= 0.6 is 23.3 Å². The maximum atomic E-state index is 12.6. The molecular weight excluding hydrogens is 767 g/mol. The van der Waals surface area contributed by atoms with Crippen molar-refractivity contribution >= 4 is 52.6 Å². The highest BCUT2D eigenvalue weighted by atomic mass is 32.2. The molecule has 3 aromatic heterocycles. The van der Waals surface area contributed by atoms with Crippen molar-refractivity contribution in [2.45, 2.75) is 122 Å². The lowest BCUT2D eigenvalue weighted by Gasteiger charge is -2.49. The van der Waals surface area contributed by atoms with Gasteiger partial charge in [0.05, 0.1) is 52.1 Å². The van der Waals surface area contributed by atoms with Crippen molar-refractivity contribution < 1.29 is 19.1 Å². The van der Waals surface area contributed by atoms with Gasteiger partial charge in [0.1, 0.15) is 6.29 Å². The molecule has 0 aliphatic carbocycles. The van der Waals surface area contributed by atoms with E-state index in [0.29, 0.717) is 43.4 Å². The second-order valence-electron chi connectivity index (χ2n) is 17.8. The van der Waals surface area contributed by atoms with E-state index in [9.17, 15) is 9.59 Å². The van der Waals surface area contributed by atoms with Crippen LogP contribution in [-0.2, 0) is 38.4 Å². The van der Waals surface area contributed by atoms with Crippen molar-refractivity contribution in [3.8, 4) is 22.5 Å². The van der Waals surface area contributed by atoms with Crippen molar-refractivity contribution in [2.24, 2.45) is 11.3 Å². The van der Waals surface area contributed by atoms with Gasteiger partial charge < -0.3 is 23.7 Å². The Bertz CT molecular complexity index is 2090. The van der Waals surface area contributed by atoms with Gasteiger partial charge in [-0.25, -0.2) is 9.99 Å². The van der Waals surface area contributed by atoms with Crippen LogP contribution in [0, 0.1) is 11.3 Å². The lowest BCUT2D eigenvalue weighted by atomic mass is 9.84. The zero-order valence-corrected chi connectivity index (χ0v) is 37.0. The summed E-state index contributed by atoms with van der Waals surface area (Å²) in [6.45, 7) is 15.4. The average molecular weight is 828 g/mol. The fraction of sp³-hybridized carbons (Fsp3) is 0.600. The summed E-state index contributed by atoms with van der Waals surface area (Å²) in [5.41, 5.74) is 8.26. The molecular formula is C45H61N7O4S2. The predicted molar refractivity (Wildman–Crippen MR) is 235 cm³/mol. The number of rotatable bonds is 16. The van der Waals surface area contributed by atoms with Gasteiger partial charge in [0, 0.05) is 96.6 Å². The number of hydrazine groups is 1. The van der Waals surface area contributed by atoms with Gasteiger partial charge in [0.2, 0.25) is 0 Å². The first-order valence-electron chi connectivity index (χ1n) is 21.4. The highest BCUT2D eigenvalue weighted by Gasteiger charge is 2.45. The normalized spacial score (nSPS) is 24.2. The SMILES string of the molecule is CCn1c(-c2cc(N3CC4CCCC(C3)N4C)cnc2C(C)OC)c(CC(C)(C)COC=O)c2cc(-c3csc(CC(C=O)C(C)N4CCCCC5SN54)n3)ccc21. The van der Waals surface area contributed by atoms with Crippen LogP contribution < -0.4 is 4.90 Å². The van der Waals surface area contributed by atoms with Crippen molar-refractivity contribution in [2.75, 3.05) is 45.3 Å². The van der Waals surface area contributed by atoms with E-state index in [-0.39, 0.29) is 23.5 Å². The molecule has 7 unspecified atom stereocenters. The summed E-state index contributed by atoms with van der Waals surface area (Å²) >= 11 is 3.55. The first-order chi connectivity index (χ1) is 28.0. The number of piperazine rings is 1. The number of likely N-dealkylation sites (N-methyl/N-ethyl adjacent to an activating group) is 1. The van der Waals surface area contributed by atoms with Gasteiger partial charge in [-0.05, 0) is 102 Å². The van der Waals surface area contributed by atoms with Gasteiger partial charge in [-0.15, -0.1) is 11.3 Å². The largest absolute Gasteiger partial charge is 0.467 e. The van der Waals surface area contributed by atoms with E-state index in [1.54, 1.807) is 18.4 Å². The molecule has 2 bridgehead atoms. The zero-order chi connectivity index (χ0) is 40.7. The third-order valence-corrected chi connectivity index (χ3v) is 15.3. The number of aldehydes is 1. The van der Waals surface area contributed by atoms with Crippen LogP contribution in [0.25, 0.3) is 33.4 Å². The third-order valence-electron chi connectivity index (χ3n) is 13.3. The minimum Gasteiger partial charge on any atom is -0.467 e. The standard InChI is InChI=1S/C45H61N7O4S2/c1-8-50-40-16-15-31(39-26-57-41(47-39)19-32(25-53)29(2)51-17-10-9-14-42-52(51)58-42)18-36(40)38(21-45(4,5)27-56-28-54)44(50)37-20-35(22-46-43(37)30(3)55-7)49-23-33-12-11-13-34(24-49)48(33)6/h15-16,18,20,22,25-26,28-30,32-34,42H,8-14,17,19,21,23-24,27H2,1-7H3. The maximum absolute atomic E-state index is 12.6. The second kappa shape index (κ2) is 17.3. The predicted octanol–water partition coefficient (Wildman–Crippen LogP) is 8.41. The molecule has 8 rings (SSSR count). The molecule has 1 aromatic carbocycles. The van der Waals surface area contributed by atoms with Crippen LogP contribution in [-0.4, -0.2) is 106 Å². The summed E-state index contributed by atoms with van der Waals surface area (Å²) in [7, 11) is 4.05. The number of benzene rings is 1. The molecule has 7 atom stereocenters. The molecule has 58 heavy (non-hydrogen) atoms. The summed E-state index contributed by atoms with van der Waals surface area (Å²) in [6.07, 6.45) is 11.7. The molecule has 0 amide bonds. The lowest BCUT2D eigenvalue weighted by Crippen LogP contribution is -2.59. The van der Waals surface area contributed by atoms with Crippen molar-refractivity contribution in [3.05, 3.63) is 52.1 Å². The van der Waals surface area contributed by atoms with Crippen molar-refractivity contribution in [3.63, 3.8) is 0 Å². The van der Waals surface area contributed by atoms with E-state index >= 15 is 0 Å². The number of hydrogen-bond donors (Lipinski definition) is 0. The molecule has 4 aromatic rings. The van der Waals surface area contributed by atoms with Gasteiger partial charge >= 0.3 is 0 Å². The zero-order valence-electron chi connectivity index (χ0n) is 35.4. The smallest absolute Gasteiger partial charge is 0.293 e. The quantitative estimate of drug-likeness (QED) is 0.0619. The number of anilines is 1. The molecule has 0 saturated carbocycles. The van der Waals surface area contributed by atoms with E-state index in [0.717, 1.165) is 82.3 Å². The van der Waals surface area contributed by atoms with Crippen LogP contribution in [0.1, 0.15) is 95.5 Å². The topological polar surface area (TPSA) is 96.0 Å². The number of fused-ring (bicyclic) bond motifs is 4. The Kier molecular flexibility index (Phi) is 12.4. The summed E-state index contributed by atoms with van der Waals surface area (Å²) in [5, 5.41) is 7.27. The van der Waals surface area contributed by atoms with Gasteiger partial charge in [0.15, 0.2) is 0 Å². The highest BCUT2D eigenvalue weighted by Crippen LogP contribution is 2.48. The molecule has 13 heteroatoms. The maximum Gasteiger partial charge on any atom is 0.293 e. The molecule has 4 aliphatic rings. The van der Waals surface area contributed by atoms with Crippen LogP contribution in [0.5, 0.6) is 0 Å². The fourth-order valence-corrected chi connectivity index (χ4v) is 11.8. The minimum atomic E-state index is -0.344. The number of nitrogens with zero attached hydrogens (tertiary/aromatic N) is 7. The summed E-state index contributed by atoms with van der Waals surface area (Å²) in [5.74, 6) is -0.136. The monoisotopic (exact) mass is 827 g/mol. The van der Waals surface area contributed by atoms with E-state index in [2.05, 4.69) is 101 Å². The summed E-state index contributed by atoms with van der Waals surface area (Å²) < 4.78 is 16.2. The number of hydrogen-bond acceptors (Lipinski definition) is 12. The van der Waals surface area contributed by atoms with E-state index in [1.807, 2.05) is 11.9 Å². The number of thiazole rings is 1. The number of ether oxygens (including phenoxy) is 2. The Morgan fingerprint density at radius 1 is 1.05 bits per heavy atom. The van der Waals surface area contributed by atoms with Gasteiger partial charge in [-0.2, -0.15) is 4.41 Å². The summed E-state index contributed by atoms with van der Waals surface area (Å²) in [6, 6.07) is 10.3. The Balaban J connectivity index is 1.19. The van der Waals surface area contributed by atoms with Crippen LogP contribution in [0.2, 0.25) is 0 Å². The van der Waals surface area contributed by atoms with Crippen molar-refractivity contribution in [1.29, 1.82) is 0 Å². The van der Waals surface area contributed by atoms with Crippen LogP contribution in [0.3, 0.4) is 0 Å². The molecule has 4 fully saturated rings. The number of aromatic nitrogens is 3. The third kappa shape index (κ3) is 8.24. The molecule has 0 spiro atoms. The molecule has 7 heterocycles. The molecule has 4 aliphatic heterocycles. The number of pyridine rings is 1. The Morgan fingerprint density at radius 3 is 2.57 bits per heavy atom. The second-order valence-corrected chi connectivity index (χ2v) is 19.8. The molecule has 312 valence electrons. The first-order valence-corrected chi connectivity index (χ1v) is 23.1. The number of aryl methyl sites for hydroxylation is 1. The molecule has 0 N–H and O–H groups in total. The van der Waals surface area contributed by atoms with Crippen LogP contribution in [0.4, 0.5) is 5.69 Å². The Morgan fingerprint density at radius 2 is 1.84 bits per heavy atom. The lowest BCUT2D eigenvalue weighted by molar-refractivity contribution is -0.131. The van der Waals surface area contributed by atoms with Crippen molar-refractivity contribution in [1.82, 2.24) is 28.9 Å². The highest BCUT2D eigenvalue weighted by molar-refractivity contribution is 8.03. The number of carbonyl (C=O) groups excluding carboxylic acids is 2. The molecule has 0 radical (unpaired) electrons. The van der Waals surface area contributed by atoms with E-state index < -0.39 is 0 Å². The fourth-order valence-electron chi connectivity index (χ4n) is 9.83. The number of carbonyl (C=O) groups is 2. The Labute approximate surface area is 352 Å². The molecule has 4 saturated heterocycles. The van der Waals surface area contributed by atoms with Gasteiger partial charge in [-0.1, -0.05) is 26.3 Å². The first kappa shape index (κ1) is 41.4.